The first-order chi connectivity index (χ1) is 7.58. The second kappa shape index (κ2) is 6.54. The number of hydrogen-bond donors (Lipinski definition) is 1. The third kappa shape index (κ3) is 5.17. The highest BCUT2D eigenvalue weighted by Gasteiger charge is 1.99. The average Bonchev–Trinajstić information content (AvgIpc) is 2.24. The minimum absolute atomic E-state index is 0.514. The fraction of sp³-hybridized carbons (Fsp3) is 0.571. The zero-order chi connectivity index (χ0) is 12.0. The quantitative estimate of drug-likeness (QED) is 0.796. The van der Waals surface area contributed by atoms with Crippen molar-refractivity contribution in [1.82, 2.24) is 5.32 Å². The first-order valence-corrected chi connectivity index (χ1v) is 6.03. The molecule has 0 atom stereocenters. The molecule has 1 N–H and O–H groups in total. The van der Waals surface area contributed by atoms with E-state index in [0.717, 1.165) is 18.9 Å². The van der Waals surface area contributed by atoms with Crippen LogP contribution in [0.15, 0.2) is 24.3 Å². The van der Waals surface area contributed by atoms with Crippen molar-refractivity contribution in [2.45, 2.75) is 40.3 Å². The molecule has 0 aromatic heterocycles. The summed E-state index contributed by atoms with van der Waals surface area (Å²) in [6.07, 6.45) is 0. The molecule has 1 aromatic rings. The van der Waals surface area contributed by atoms with Crippen LogP contribution in [0.3, 0.4) is 0 Å². The van der Waals surface area contributed by atoms with Gasteiger partial charge in [0.15, 0.2) is 0 Å². The molecule has 0 heterocycles. The Balaban J connectivity index is 2.50. The summed E-state index contributed by atoms with van der Waals surface area (Å²) in [6.45, 7) is 10.3. The van der Waals surface area contributed by atoms with E-state index >= 15 is 0 Å². The second-order valence-electron chi connectivity index (χ2n) is 4.89. The van der Waals surface area contributed by atoms with Crippen LogP contribution in [0.25, 0.3) is 0 Å². The molecule has 0 saturated carbocycles. The molecule has 1 aromatic carbocycles. The van der Waals surface area contributed by atoms with Crippen molar-refractivity contribution in [2.75, 3.05) is 6.61 Å². The average molecular weight is 221 g/mol. The Kier molecular flexibility index (Phi) is 5.33. The first-order valence-electron chi connectivity index (χ1n) is 6.03. The summed E-state index contributed by atoms with van der Waals surface area (Å²) in [7, 11) is 0. The molecule has 0 unspecified atom stereocenters. The van der Waals surface area contributed by atoms with Gasteiger partial charge in [-0.05, 0) is 23.6 Å². The molecule has 16 heavy (non-hydrogen) atoms. The molecule has 0 bridgehead atoms. The van der Waals surface area contributed by atoms with Crippen LogP contribution >= 0.6 is 0 Å². The van der Waals surface area contributed by atoms with E-state index < -0.39 is 0 Å². The fourth-order valence-electron chi connectivity index (χ4n) is 1.33. The Labute approximate surface area is 99.0 Å². The van der Waals surface area contributed by atoms with Crippen LogP contribution in [0.5, 0.6) is 5.75 Å². The molecule has 90 valence electrons. The van der Waals surface area contributed by atoms with E-state index in [1.807, 2.05) is 12.1 Å². The van der Waals surface area contributed by atoms with Crippen LogP contribution in [-0.2, 0) is 6.54 Å². The molecule has 0 saturated heterocycles. The summed E-state index contributed by atoms with van der Waals surface area (Å²) in [6, 6.07) is 8.81. The Morgan fingerprint density at radius 1 is 1.19 bits per heavy atom. The second-order valence-corrected chi connectivity index (χ2v) is 4.89. The van der Waals surface area contributed by atoms with Gasteiger partial charge in [0.1, 0.15) is 5.75 Å². The summed E-state index contributed by atoms with van der Waals surface area (Å²) in [5.41, 5.74) is 1.27. The van der Waals surface area contributed by atoms with Gasteiger partial charge in [-0.2, -0.15) is 0 Å². The molecule has 0 aliphatic heterocycles. The van der Waals surface area contributed by atoms with Gasteiger partial charge >= 0.3 is 0 Å². The number of nitrogens with one attached hydrogen (secondary N) is 1. The topological polar surface area (TPSA) is 21.3 Å². The summed E-state index contributed by atoms with van der Waals surface area (Å²) in [4.78, 5) is 0. The lowest BCUT2D eigenvalue weighted by Gasteiger charge is -2.11. The zero-order valence-electron chi connectivity index (χ0n) is 10.8. The number of ether oxygens (including phenoxy) is 1. The van der Waals surface area contributed by atoms with Crippen LogP contribution in [0, 0.1) is 5.92 Å². The number of hydrogen-bond acceptors (Lipinski definition) is 2. The maximum Gasteiger partial charge on any atom is 0.119 e. The van der Waals surface area contributed by atoms with Crippen molar-refractivity contribution in [3.63, 3.8) is 0 Å². The molecule has 0 aliphatic carbocycles. The summed E-state index contributed by atoms with van der Waals surface area (Å²) in [5, 5.41) is 3.40. The van der Waals surface area contributed by atoms with Crippen LogP contribution in [0.4, 0.5) is 0 Å². The molecule has 2 nitrogen and oxygen atoms in total. The monoisotopic (exact) mass is 221 g/mol. The summed E-state index contributed by atoms with van der Waals surface area (Å²) >= 11 is 0. The van der Waals surface area contributed by atoms with E-state index in [4.69, 9.17) is 4.74 Å². The highest BCUT2D eigenvalue weighted by atomic mass is 16.5. The van der Waals surface area contributed by atoms with Gasteiger partial charge in [0, 0.05) is 12.6 Å². The van der Waals surface area contributed by atoms with Crippen LogP contribution in [0.2, 0.25) is 0 Å². The molecule has 0 fully saturated rings. The van der Waals surface area contributed by atoms with Gasteiger partial charge in [-0.25, -0.2) is 0 Å². The van der Waals surface area contributed by atoms with E-state index in [1.165, 1.54) is 5.56 Å². The van der Waals surface area contributed by atoms with Gasteiger partial charge in [-0.3, -0.25) is 0 Å². The summed E-state index contributed by atoms with van der Waals surface area (Å²) in [5.74, 6) is 1.54. The van der Waals surface area contributed by atoms with Gasteiger partial charge in [-0.15, -0.1) is 0 Å². The van der Waals surface area contributed by atoms with Crippen LogP contribution < -0.4 is 10.1 Å². The van der Waals surface area contributed by atoms with E-state index in [-0.39, 0.29) is 0 Å². The lowest BCUT2D eigenvalue weighted by molar-refractivity contribution is 0.271. The highest BCUT2D eigenvalue weighted by Crippen LogP contribution is 2.14. The van der Waals surface area contributed by atoms with E-state index in [1.54, 1.807) is 0 Å². The minimum atomic E-state index is 0.514. The molecule has 0 radical (unpaired) electrons. The lowest BCUT2D eigenvalue weighted by Crippen LogP contribution is -2.21. The number of benzene rings is 1. The van der Waals surface area contributed by atoms with Gasteiger partial charge in [0.25, 0.3) is 0 Å². The van der Waals surface area contributed by atoms with Crippen molar-refractivity contribution in [1.29, 1.82) is 0 Å². The fourth-order valence-corrected chi connectivity index (χ4v) is 1.33. The maximum absolute atomic E-state index is 5.69. The van der Waals surface area contributed by atoms with Crippen molar-refractivity contribution in [3.05, 3.63) is 29.8 Å². The molecule has 0 spiro atoms. The lowest BCUT2D eigenvalue weighted by atomic mass is 10.2. The van der Waals surface area contributed by atoms with Gasteiger partial charge in [0.2, 0.25) is 0 Å². The van der Waals surface area contributed by atoms with Crippen molar-refractivity contribution >= 4 is 0 Å². The SMILES string of the molecule is CC(C)COc1cccc(CNC(C)C)c1. The standard InChI is InChI=1S/C14H23NO/c1-11(2)10-16-14-7-5-6-13(8-14)9-15-12(3)4/h5-8,11-12,15H,9-10H2,1-4H3. The minimum Gasteiger partial charge on any atom is -0.493 e. The van der Waals surface area contributed by atoms with E-state index in [9.17, 15) is 0 Å². The van der Waals surface area contributed by atoms with Crippen molar-refractivity contribution in [2.24, 2.45) is 5.92 Å². The van der Waals surface area contributed by atoms with Gasteiger partial charge < -0.3 is 10.1 Å². The zero-order valence-corrected chi connectivity index (χ0v) is 10.8. The third-order valence-electron chi connectivity index (χ3n) is 2.20. The molecular formula is C14H23NO. The van der Waals surface area contributed by atoms with Crippen molar-refractivity contribution in [3.8, 4) is 5.75 Å². The van der Waals surface area contributed by atoms with Gasteiger partial charge in [0.05, 0.1) is 6.61 Å². The first kappa shape index (κ1) is 13.0. The summed E-state index contributed by atoms with van der Waals surface area (Å²) < 4.78 is 5.69. The van der Waals surface area contributed by atoms with Crippen LogP contribution in [0.1, 0.15) is 33.3 Å². The largest absolute Gasteiger partial charge is 0.493 e. The Hall–Kier alpha value is -1.02. The van der Waals surface area contributed by atoms with E-state index in [2.05, 4.69) is 45.1 Å². The molecule has 2 heteroatoms. The predicted molar refractivity (Wildman–Crippen MR) is 68.8 cm³/mol. The Morgan fingerprint density at radius 2 is 1.94 bits per heavy atom. The molecule has 1 rings (SSSR count). The highest BCUT2D eigenvalue weighted by molar-refractivity contribution is 5.28. The normalized spacial score (nSPS) is 11.1. The molecule has 0 amide bonds. The molecular weight excluding hydrogens is 198 g/mol. The van der Waals surface area contributed by atoms with Gasteiger partial charge in [-0.1, -0.05) is 39.8 Å². The third-order valence-corrected chi connectivity index (χ3v) is 2.20. The molecule has 0 aliphatic rings. The Morgan fingerprint density at radius 3 is 2.56 bits per heavy atom. The van der Waals surface area contributed by atoms with E-state index in [0.29, 0.717) is 12.0 Å². The van der Waals surface area contributed by atoms with Crippen molar-refractivity contribution < 1.29 is 4.74 Å². The van der Waals surface area contributed by atoms with Crippen LogP contribution in [-0.4, -0.2) is 12.6 Å². The smallest absolute Gasteiger partial charge is 0.119 e. The number of rotatable bonds is 6. The Bertz CT molecular complexity index is 280. The predicted octanol–water partition coefficient (Wildman–Crippen LogP) is 3.22. The maximum atomic E-state index is 5.69.